The van der Waals surface area contributed by atoms with Gasteiger partial charge in [0.05, 0.1) is 14.2 Å². The molecule has 0 aromatic carbocycles. The van der Waals surface area contributed by atoms with Crippen molar-refractivity contribution in [2.24, 2.45) is 0 Å². The second-order valence-electron chi connectivity index (χ2n) is 1.57. The summed E-state index contributed by atoms with van der Waals surface area (Å²) >= 11 is 0. The molecule has 8 heteroatoms. The fourth-order valence-corrected chi connectivity index (χ4v) is 2.46. The Bertz CT molecular complexity index is 265. The molecule has 0 N–H and O–H groups in total. The smallest absolute Gasteiger partial charge is 0.273 e. The lowest BCUT2D eigenvalue weighted by Gasteiger charge is -1.99. The average molecular weight is 204 g/mol. The van der Waals surface area contributed by atoms with Crippen LogP contribution in [0.1, 0.15) is 0 Å². The van der Waals surface area contributed by atoms with Crippen LogP contribution in [0.4, 0.5) is 0 Å². The highest BCUT2D eigenvalue weighted by Gasteiger charge is 2.20. The Labute approximate surface area is 65.4 Å². The van der Waals surface area contributed by atoms with E-state index in [0.29, 0.717) is 0 Å². The Morgan fingerprint density at radius 1 is 0.909 bits per heavy atom. The van der Waals surface area contributed by atoms with Gasteiger partial charge in [-0.25, -0.2) is 0 Å². The van der Waals surface area contributed by atoms with E-state index < -0.39 is 25.3 Å². The molecule has 0 fully saturated rings. The average Bonchev–Trinajstić information content (AvgIpc) is 1.86. The third kappa shape index (κ3) is 4.30. The molecule has 11 heavy (non-hydrogen) atoms. The highest BCUT2D eigenvalue weighted by Crippen LogP contribution is 1.98. The van der Waals surface area contributed by atoms with Gasteiger partial charge in [-0.05, 0) is 0 Å². The SMILES string of the molecule is COS(=O)(=O)CS(=O)(=O)OC. The van der Waals surface area contributed by atoms with Gasteiger partial charge in [-0.15, -0.1) is 0 Å². The van der Waals surface area contributed by atoms with Gasteiger partial charge in [-0.2, -0.15) is 16.8 Å². The van der Waals surface area contributed by atoms with Gasteiger partial charge < -0.3 is 0 Å². The summed E-state index contributed by atoms with van der Waals surface area (Å²) in [6, 6.07) is 0. The molecule has 0 unspecified atom stereocenters. The van der Waals surface area contributed by atoms with Crippen LogP contribution in [0.15, 0.2) is 0 Å². The van der Waals surface area contributed by atoms with Crippen molar-refractivity contribution in [3.05, 3.63) is 0 Å². The number of hydrogen-bond acceptors (Lipinski definition) is 6. The number of hydrogen-bond donors (Lipinski definition) is 0. The molecule has 0 rings (SSSR count). The Hall–Kier alpha value is -0.180. The molecule has 0 aromatic rings. The predicted molar refractivity (Wildman–Crippen MR) is 36.7 cm³/mol. The van der Waals surface area contributed by atoms with Crippen molar-refractivity contribution < 1.29 is 25.2 Å². The summed E-state index contributed by atoms with van der Waals surface area (Å²) in [6.45, 7) is 0. The van der Waals surface area contributed by atoms with Gasteiger partial charge in [0.2, 0.25) is 5.08 Å². The first kappa shape index (κ1) is 10.8. The molecule has 0 aliphatic carbocycles. The molecule has 0 aromatic heterocycles. The summed E-state index contributed by atoms with van der Waals surface area (Å²) in [6.07, 6.45) is 0. The lowest BCUT2D eigenvalue weighted by atomic mass is 11.8. The molecule has 0 saturated carbocycles. The summed E-state index contributed by atoms with van der Waals surface area (Å²) < 4.78 is 49.7. The Morgan fingerprint density at radius 3 is 1.36 bits per heavy atom. The van der Waals surface area contributed by atoms with Crippen LogP contribution >= 0.6 is 0 Å². The topological polar surface area (TPSA) is 86.7 Å². The molecule has 0 saturated heterocycles. The second kappa shape index (κ2) is 3.48. The molecule has 68 valence electrons. The van der Waals surface area contributed by atoms with Gasteiger partial charge in [0.25, 0.3) is 20.2 Å². The largest absolute Gasteiger partial charge is 0.284 e. The minimum absolute atomic E-state index is 0.876. The van der Waals surface area contributed by atoms with E-state index in [1.807, 2.05) is 0 Å². The standard InChI is InChI=1S/C3H8O6S2/c1-8-10(4,5)3-11(6,7)9-2/h3H2,1-2H3. The highest BCUT2D eigenvalue weighted by atomic mass is 32.3. The summed E-state index contributed by atoms with van der Waals surface area (Å²) in [5, 5.41) is -1.16. The number of rotatable bonds is 4. The minimum atomic E-state index is -4.00. The first-order valence-electron chi connectivity index (χ1n) is 2.39. The van der Waals surface area contributed by atoms with Crippen LogP contribution in [0.2, 0.25) is 0 Å². The normalized spacial score (nSPS) is 13.3. The summed E-state index contributed by atoms with van der Waals surface area (Å²) in [4.78, 5) is 0. The van der Waals surface area contributed by atoms with Crippen LogP contribution in [-0.4, -0.2) is 36.1 Å². The van der Waals surface area contributed by atoms with Crippen molar-refractivity contribution in [2.75, 3.05) is 19.3 Å². The van der Waals surface area contributed by atoms with E-state index in [-0.39, 0.29) is 0 Å². The van der Waals surface area contributed by atoms with Gasteiger partial charge in [0.1, 0.15) is 0 Å². The molecule has 0 spiro atoms. The van der Waals surface area contributed by atoms with Crippen molar-refractivity contribution in [3.8, 4) is 0 Å². The maximum Gasteiger partial charge on any atom is 0.284 e. The molecule has 0 heterocycles. The van der Waals surface area contributed by atoms with Gasteiger partial charge in [0, 0.05) is 0 Å². The quantitative estimate of drug-likeness (QED) is 0.540. The zero-order chi connectivity index (χ0) is 9.12. The molecule has 0 bridgehead atoms. The van der Waals surface area contributed by atoms with Gasteiger partial charge in [0.15, 0.2) is 0 Å². The van der Waals surface area contributed by atoms with Crippen LogP contribution < -0.4 is 0 Å². The van der Waals surface area contributed by atoms with Gasteiger partial charge in [-0.1, -0.05) is 0 Å². The zero-order valence-corrected chi connectivity index (χ0v) is 7.61. The molecule has 0 radical (unpaired) electrons. The minimum Gasteiger partial charge on any atom is -0.273 e. The Balaban J connectivity index is 4.54. The van der Waals surface area contributed by atoms with Crippen LogP contribution in [0.25, 0.3) is 0 Å². The molecular weight excluding hydrogens is 196 g/mol. The van der Waals surface area contributed by atoms with Crippen LogP contribution in [0, 0.1) is 0 Å². The lowest BCUT2D eigenvalue weighted by Crippen LogP contribution is -2.18. The van der Waals surface area contributed by atoms with E-state index in [0.717, 1.165) is 14.2 Å². The first-order chi connectivity index (χ1) is 4.83. The molecule has 6 nitrogen and oxygen atoms in total. The summed E-state index contributed by atoms with van der Waals surface area (Å²) in [7, 11) is -6.25. The van der Waals surface area contributed by atoms with Crippen LogP contribution in [0.5, 0.6) is 0 Å². The van der Waals surface area contributed by atoms with Crippen molar-refractivity contribution in [1.29, 1.82) is 0 Å². The van der Waals surface area contributed by atoms with Gasteiger partial charge in [-0.3, -0.25) is 8.37 Å². The molecular formula is C3H8O6S2. The second-order valence-corrected chi connectivity index (χ2v) is 5.41. The molecule has 0 aliphatic heterocycles. The molecule has 0 atom stereocenters. The van der Waals surface area contributed by atoms with E-state index in [9.17, 15) is 16.8 Å². The zero-order valence-electron chi connectivity index (χ0n) is 5.97. The molecule has 0 aliphatic rings. The fourth-order valence-electron chi connectivity index (χ4n) is 0.273. The van der Waals surface area contributed by atoms with Crippen molar-refractivity contribution >= 4 is 20.2 Å². The predicted octanol–water partition coefficient (Wildman–Crippen LogP) is -1.10. The van der Waals surface area contributed by atoms with E-state index in [1.165, 1.54) is 0 Å². The third-order valence-electron chi connectivity index (χ3n) is 0.797. The summed E-state index contributed by atoms with van der Waals surface area (Å²) in [5.41, 5.74) is 0. The monoisotopic (exact) mass is 204 g/mol. The Morgan fingerprint density at radius 2 is 1.18 bits per heavy atom. The van der Waals surface area contributed by atoms with E-state index in [4.69, 9.17) is 0 Å². The van der Waals surface area contributed by atoms with Gasteiger partial charge >= 0.3 is 0 Å². The molecule has 0 amide bonds. The first-order valence-corrected chi connectivity index (χ1v) is 5.55. The highest BCUT2D eigenvalue weighted by molar-refractivity contribution is 8.03. The van der Waals surface area contributed by atoms with E-state index in [2.05, 4.69) is 8.37 Å². The lowest BCUT2D eigenvalue weighted by molar-refractivity contribution is 0.387. The maximum atomic E-state index is 10.5. The Kier molecular flexibility index (Phi) is 3.42. The fraction of sp³-hybridized carbons (Fsp3) is 1.00. The van der Waals surface area contributed by atoms with E-state index in [1.54, 1.807) is 0 Å². The van der Waals surface area contributed by atoms with Crippen LogP contribution in [0.3, 0.4) is 0 Å². The van der Waals surface area contributed by atoms with Crippen LogP contribution in [-0.2, 0) is 28.6 Å². The maximum absolute atomic E-state index is 10.5. The van der Waals surface area contributed by atoms with Crippen molar-refractivity contribution in [2.45, 2.75) is 0 Å². The van der Waals surface area contributed by atoms with Crippen molar-refractivity contribution in [3.63, 3.8) is 0 Å². The van der Waals surface area contributed by atoms with Crippen molar-refractivity contribution in [1.82, 2.24) is 0 Å². The van der Waals surface area contributed by atoms with E-state index >= 15 is 0 Å². The summed E-state index contributed by atoms with van der Waals surface area (Å²) in [5.74, 6) is 0. The third-order valence-corrected chi connectivity index (χ3v) is 4.12.